The highest BCUT2D eigenvalue weighted by Crippen LogP contribution is 2.39. The van der Waals surface area contributed by atoms with E-state index in [0.717, 1.165) is 19.4 Å². The van der Waals surface area contributed by atoms with Crippen LogP contribution in [0, 0.1) is 12.8 Å². The number of hydrogen-bond acceptors (Lipinski definition) is 8. The van der Waals surface area contributed by atoms with Crippen LogP contribution in [0.25, 0.3) is 0 Å². The quantitative estimate of drug-likeness (QED) is 0.304. The number of nitrogens with zero attached hydrogens (tertiary/aromatic N) is 1. The molecule has 0 unspecified atom stereocenters. The second-order valence-electron chi connectivity index (χ2n) is 8.63. The van der Waals surface area contributed by atoms with Gasteiger partial charge in [-0.05, 0) is 62.3 Å². The van der Waals surface area contributed by atoms with Gasteiger partial charge in [0.1, 0.15) is 30.6 Å². The van der Waals surface area contributed by atoms with Gasteiger partial charge in [-0.25, -0.2) is 0 Å². The summed E-state index contributed by atoms with van der Waals surface area (Å²) in [6.07, 6.45) is 17.3. The Morgan fingerprint density at radius 2 is 1.52 bits per heavy atom. The van der Waals surface area contributed by atoms with E-state index in [1.54, 1.807) is 24.5 Å². The Kier molecular flexibility index (Phi) is 24.0. The third-order valence-corrected chi connectivity index (χ3v) is 6.37. The molecule has 9 nitrogen and oxygen atoms in total. The van der Waals surface area contributed by atoms with E-state index in [9.17, 15) is 9.90 Å². The average molecular weight is 579 g/mol. The van der Waals surface area contributed by atoms with Crippen molar-refractivity contribution in [2.75, 3.05) is 27.7 Å². The summed E-state index contributed by atoms with van der Waals surface area (Å²) in [5.41, 5.74) is 7.21. The minimum atomic E-state index is -0.296. The highest BCUT2D eigenvalue weighted by Gasteiger charge is 2.34. The summed E-state index contributed by atoms with van der Waals surface area (Å²) in [5, 5.41) is 16.2. The number of pyridine rings is 1. The molecule has 0 spiro atoms. The number of ether oxygens (including phenoxy) is 1. The lowest BCUT2D eigenvalue weighted by Crippen LogP contribution is -2.42. The standard InChI is InChI=1S/C21H25NO3.C7H10N2.C2H2.CH5N.2CH2O/c1-25-18-12-8-11-17(23)19(18)20(24)22-15-21(13-6-3-7-14-21)16-9-4-2-5-10-16;1-8-6-7-2-4-9-5-3-7;4*1-2/h2,4-5,8-12,23H,3,6-7,13-15H2,1H3,(H,22,24);2-5,8H,6H2,1H3;1-2H;2H2,1H3;2*1H2. The predicted molar refractivity (Wildman–Crippen MR) is 169 cm³/mol. The van der Waals surface area contributed by atoms with Gasteiger partial charge < -0.3 is 35.8 Å². The van der Waals surface area contributed by atoms with Crippen molar-refractivity contribution in [2.24, 2.45) is 5.73 Å². The summed E-state index contributed by atoms with van der Waals surface area (Å²) in [6, 6.07) is 19.3. The zero-order valence-corrected chi connectivity index (χ0v) is 25.1. The molecular weight excluding hydrogens is 532 g/mol. The van der Waals surface area contributed by atoms with Crippen LogP contribution >= 0.6 is 0 Å². The van der Waals surface area contributed by atoms with Crippen molar-refractivity contribution in [2.45, 2.75) is 44.1 Å². The van der Waals surface area contributed by atoms with Gasteiger partial charge in [0, 0.05) is 30.9 Å². The predicted octanol–water partition coefficient (Wildman–Crippen LogP) is 4.29. The Labute approximate surface area is 250 Å². The summed E-state index contributed by atoms with van der Waals surface area (Å²) in [6.45, 7) is 5.48. The van der Waals surface area contributed by atoms with Crippen molar-refractivity contribution in [1.82, 2.24) is 15.6 Å². The molecular formula is C33H46N4O5. The van der Waals surface area contributed by atoms with Crippen LogP contribution in [0.4, 0.5) is 0 Å². The van der Waals surface area contributed by atoms with E-state index in [1.807, 2.05) is 38.8 Å². The minimum absolute atomic E-state index is 0.0349. The summed E-state index contributed by atoms with van der Waals surface area (Å²) in [4.78, 5) is 32.6. The number of nitrogens with two attached hydrogens (primary N) is 1. The van der Waals surface area contributed by atoms with Crippen molar-refractivity contribution in [1.29, 1.82) is 0 Å². The minimum Gasteiger partial charge on any atom is -0.507 e. The van der Waals surface area contributed by atoms with Crippen LogP contribution in [0.1, 0.15) is 53.6 Å². The normalized spacial score (nSPS) is 12.0. The molecule has 228 valence electrons. The van der Waals surface area contributed by atoms with Gasteiger partial charge in [-0.3, -0.25) is 9.78 Å². The van der Waals surface area contributed by atoms with Crippen LogP contribution < -0.4 is 21.1 Å². The maximum Gasteiger partial charge on any atom is 0.258 e. The molecule has 1 saturated carbocycles. The fourth-order valence-electron chi connectivity index (χ4n) is 4.55. The molecule has 2 aromatic carbocycles. The number of phenolic OH excluding ortho intramolecular Hbond substituents is 1. The number of nitrogens with one attached hydrogen (secondary N) is 2. The molecule has 5 N–H and O–H groups in total. The van der Waals surface area contributed by atoms with Crippen molar-refractivity contribution >= 4 is 19.5 Å². The van der Waals surface area contributed by atoms with E-state index in [4.69, 9.17) is 14.3 Å². The van der Waals surface area contributed by atoms with Crippen molar-refractivity contribution < 1.29 is 24.2 Å². The molecule has 1 aliphatic carbocycles. The largest absolute Gasteiger partial charge is 0.507 e. The number of carbonyl (C=O) groups excluding carboxylic acids is 3. The van der Waals surface area contributed by atoms with Crippen molar-refractivity contribution in [3.63, 3.8) is 0 Å². The fourth-order valence-corrected chi connectivity index (χ4v) is 4.55. The molecule has 3 aromatic rings. The number of aromatic nitrogens is 1. The Morgan fingerprint density at radius 1 is 0.952 bits per heavy atom. The fraction of sp³-hybridized carbons (Fsp3) is 0.333. The number of terminal acetylenes is 1. The van der Waals surface area contributed by atoms with E-state index < -0.39 is 0 Å². The summed E-state index contributed by atoms with van der Waals surface area (Å²) in [7, 11) is 4.93. The lowest BCUT2D eigenvalue weighted by atomic mass is 9.69. The topological polar surface area (TPSA) is 144 Å². The van der Waals surface area contributed by atoms with Crippen molar-refractivity contribution in [3.8, 4) is 24.3 Å². The van der Waals surface area contributed by atoms with Gasteiger partial charge in [-0.15, -0.1) is 12.8 Å². The summed E-state index contributed by atoms with van der Waals surface area (Å²) in [5.74, 6) is 0.0278. The Bertz CT molecular complexity index is 1100. The first kappa shape index (κ1) is 39.6. The number of carbonyl (C=O) groups is 3. The van der Waals surface area contributed by atoms with Crippen LogP contribution in [0.3, 0.4) is 0 Å². The molecule has 1 fully saturated rings. The Morgan fingerprint density at radius 3 is 2.05 bits per heavy atom. The lowest BCUT2D eigenvalue weighted by Gasteiger charge is -2.38. The zero-order valence-electron chi connectivity index (χ0n) is 25.1. The maximum absolute atomic E-state index is 12.7. The molecule has 0 atom stereocenters. The second kappa shape index (κ2) is 25.4. The molecule has 4 rings (SSSR count). The number of benzene rings is 2. The van der Waals surface area contributed by atoms with Gasteiger partial charge >= 0.3 is 0 Å². The van der Waals surface area contributed by atoms with E-state index in [0.29, 0.717) is 12.3 Å². The van der Waals surface area contributed by atoms with Gasteiger partial charge in [0.2, 0.25) is 0 Å². The molecule has 0 bridgehead atoms. The third-order valence-electron chi connectivity index (χ3n) is 6.37. The van der Waals surface area contributed by atoms with E-state index in [2.05, 4.69) is 58.5 Å². The van der Waals surface area contributed by atoms with Crippen LogP contribution in [0.15, 0.2) is 73.1 Å². The zero-order chi connectivity index (χ0) is 32.2. The van der Waals surface area contributed by atoms with Gasteiger partial charge in [0.15, 0.2) is 0 Å². The maximum atomic E-state index is 12.7. The van der Waals surface area contributed by atoms with E-state index in [1.165, 1.54) is 50.6 Å². The molecule has 1 aromatic heterocycles. The molecule has 0 radical (unpaired) electrons. The average Bonchev–Trinajstić information content (AvgIpc) is 3.09. The second-order valence-corrected chi connectivity index (χ2v) is 8.63. The third kappa shape index (κ3) is 13.2. The summed E-state index contributed by atoms with van der Waals surface area (Å²) >= 11 is 0. The lowest BCUT2D eigenvalue weighted by molar-refractivity contribution is -0.0987. The van der Waals surface area contributed by atoms with Crippen LogP contribution in [-0.4, -0.2) is 57.3 Å². The number of aromatic hydroxyl groups is 1. The van der Waals surface area contributed by atoms with Crippen LogP contribution in [0.2, 0.25) is 0 Å². The molecule has 0 saturated heterocycles. The first-order valence-corrected chi connectivity index (χ1v) is 13.3. The summed E-state index contributed by atoms with van der Waals surface area (Å²) < 4.78 is 5.23. The number of rotatable bonds is 7. The van der Waals surface area contributed by atoms with Crippen LogP contribution in [-0.2, 0) is 21.5 Å². The van der Waals surface area contributed by atoms with E-state index >= 15 is 0 Å². The molecule has 1 amide bonds. The van der Waals surface area contributed by atoms with Crippen molar-refractivity contribution in [3.05, 3.63) is 89.7 Å². The number of amides is 1. The first-order chi connectivity index (χ1) is 20.6. The number of phenols is 1. The molecule has 1 heterocycles. The Hall–Kier alpha value is -4.52. The van der Waals surface area contributed by atoms with Gasteiger partial charge in [0.25, 0.3) is 5.91 Å². The highest BCUT2D eigenvalue weighted by molar-refractivity contribution is 5.99. The van der Waals surface area contributed by atoms with Crippen LogP contribution in [0.5, 0.6) is 11.5 Å². The monoisotopic (exact) mass is 578 g/mol. The number of methoxy groups -OCH3 is 1. The molecule has 1 aliphatic rings. The van der Waals surface area contributed by atoms with Gasteiger partial charge in [-0.1, -0.05) is 55.7 Å². The Balaban J connectivity index is 0. The first-order valence-electron chi connectivity index (χ1n) is 13.3. The molecule has 0 aliphatic heterocycles. The smallest absolute Gasteiger partial charge is 0.258 e. The van der Waals surface area contributed by atoms with Gasteiger partial charge in [-0.2, -0.15) is 0 Å². The molecule has 9 heteroatoms. The SMILES string of the molecule is C#C.C=O.C=O.CN.CNCc1ccncc1.COc1cccc(O)c1C(=O)NCC1(c2ccccc2)CCCCC1. The highest BCUT2D eigenvalue weighted by atomic mass is 16.5. The molecule has 42 heavy (non-hydrogen) atoms. The van der Waals surface area contributed by atoms with E-state index in [-0.39, 0.29) is 22.6 Å². The number of hydrogen-bond donors (Lipinski definition) is 4. The van der Waals surface area contributed by atoms with Gasteiger partial charge in [0.05, 0.1) is 7.11 Å².